The van der Waals surface area contributed by atoms with Gasteiger partial charge in [-0.25, -0.2) is 4.79 Å². The molecule has 4 nitrogen and oxygen atoms in total. The average Bonchev–Trinajstić information content (AvgIpc) is 2.26. The molecule has 0 aliphatic heterocycles. The summed E-state index contributed by atoms with van der Waals surface area (Å²) in [5.41, 5.74) is 0.318. The molecule has 0 aromatic heterocycles. The minimum absolute atomic E-state index is 0.0461. The van der Waals surface area contributed by atoms with Gasteiger partial charge >= 0.3 is 5.97 Å². The fraction of sp³-hybridized carbons (Fsp3) is 0.636. The number of nitrogens with zero attached hydrogens (tertiary/aromatic N) is 1. The predicted octanol–water partition coefficient (Wildman–Crippen LogP) is 2.25. The quantitative estimate of drug-likeness (QED) is 0.299. The summed E-state index contributed by atoms with van der Waals surface area (Å²) in [6.07, 6.45) is 3.99. The Balaban J connectivity index is 4.40. The Kier molecular flexibility index (Phi) is 8.71. The van der Waals surface area contributed by atoms with Crippen LogP contribution in [0.2, 0.25) is 0 Å². The van der Waals surface area contributed by atoms with Gasteiger partial charge in [-0.3, -0.25) is 0 Å². The molecule has 0 spiro atoms. The van der Waals surface area contributed by atoms with Gasteiger partial charge in [0, 0.05) is 5.75 Å². The van der Waals surface area contributed by atoms with Crippen LogP contribution in [0, 0.1) is 0 Å². The largest absolute Gasteiger partial charge is 0.461 e. The zero-order valence-corrected chi connectivity index (χ0v) is 11.0. The first-order chi connectivity index (χ1) is 7.67. The van der Waals surface area contributed by atoms with E-state index in [1.54, 1.807) is 18.7 Å². The number of carbonyl (C=O) groups is 1. The first-order valence-corrected chi connectivity index (χ1v) is 6.23. The number of esters is 1. The highest BCUT2D eigenvalue weighted by Gasteiger charge is 2.21. The van der Waals surface area contributed by atoms with Crippen molar-refractivity contribution in [2.45, 2.75) is 26.0 Å². The van der Waals surface area contributed by atoms with Gasteiger partial charge in [-0.2, -0.15) is 0 Å². The average molecular weight is 245 g/mol. The smallest absolute Gasteiger partial charge is 0.357 e. The Morgan fingerprint density at radius 3 is 2.75 bits per heavy atom. The van der Waals surface area contributed by atoms with Crippen LogP contribution >= 0.6 is 11.8 Å². The molecule has 0 aromatic carbocycles. The number of rotatable bonds is 7. The molecule has 16 heavy (non-hydrogen) atoms. The van der Waals surface area contributed by atoms with Crippen LogP contribution in [0.15, 0.2) is 17.3 Å². The Morgan fingerprint density at radius 2 is 2.25 bits per heavy atom. The second-order valence-electron chi connectivity index (χ2n) is 2.92. The van der Waals surface area contributed by atoms with E-state index in [0.29, 0.717) is 12.3 Å². The Labute approximate surface area is 101 Å². The normalized spacial score (nSPS) is 13.9. The van der Waals surface area contributed by atoms with Crippen LogP contribution in [-0.2, 0) is 14.4 Å². The van der Waals surface area contributed by atoms with Gasteiger partial charge in [0.2, 0.25) is 0 Å². The van der Waals surface area contributed by atoms with Crippen molar-refractivity contribution in [2.75, 3.05) is 19.5 Å². The molecule has 0 aliphatic carbocycles. The third-order valence-corrected chi connectivity index (χ3v) is 2.85. The molecule has 0 rings (SSSR count). The summed E-state index contributed by atoms with van der Waals surface area (Å²) in [6, 6.07) is 0. The second-order valence-corrected chi connectivity index (χ2v) is 4.30. The van der Waals surface area contributed by atoms with Crippen LogP contribution in [0.25, 0.3) is 0 Å². The molecule has 0 aromatic rings. The molecule has 0 amide bonds. The van der Waals surface area contributed by atoms with Gasteiger partial charge in [-0.05, 0) is 20.8 Å². The molecule has 92 valence electrons. The van der Waals surface area contributed by atoms with Crippen LogP contribution in [0.3, 0.4) is 0 Å². The lowest BCUT2D eigenvalue weighted by atomic mass is 10.3. The highest BCUT2D eigenvalue weighted by Crippen LogP contribution is 2.13. The highest BCUT2D eigenvalue weighted by atomic mass is 32.2. The van der Waals surface area contributed by atoms with Crippen molar-refractivity contribution in [1.82, 2.24) is 0 Å². The molecule has 1 unspecified atom stereocenters. The molecular formula is C11H19NO3S. The van der Waals surface area contributed by atoms with E-state index in [-0.39, 0.29) is 5.25 Å². The molecule has 0 aliphatic rings. The van der Waals surface area contributed by atoms with Gasteiger partial charge in [-0.1, -0.05) is 17.3 Å². The van der Waals surface area contributed by atoms with Crippen LogP contribution in [0.4, 0.5) is 0 Å². The van der Waals surface area contributed by atoms with E-state index in [1.165, 1.54) is 7.11 Å². The minimum Gasteiger partial charge on any atom is -0.461 e. The fourth-order valence-electron chi connectivity index (χ4n) is 0.956. The van der Waals surface area contributed by atoms with Gasteiger partial charge in [0.05, 0.1) is 11.9 Å². The van der Waals surface area contributed by atoms with Crippen LogP contribution in [0.1, 0.15) is 20.8 Å². The highest BCUT2D eigenvalue weighted by molar-refractivity contribution is 8.00. The van der Waals surface area contributed by atoms with Crippen molar-refractivity contribution in [3.63, 3.8) is 0 Å². The minimum atomic E-state index is -0.412. The molecular weight excluding hydrogens is 226 g/mol. The predicted molar refractivity (Wildman–Crippen MR) is 67.8 cm³/mol. The summed E-state index contributed by atoms with van der Waals surface area (Å²) in [7, 11) is 1.42. The first-order valence-electron chi connectivity index (χ1n) is 5.18. The summed E-state index contributed by atoms with van der Waals surface area (Å²) >= 11 is 1.60. The SMILES string of the molecule is CC=CCSC(C)C(=NOC)C(=O)OCC. The summed E-state index contributed by atoms with van der Waals surface area (Å²) < 4.78 is 4.90. The zero-order chi connectivity index (χ0) is 12.4. The lowest BCUT2D eigenvalue weighted by Crippen LogP contribution is -2.26. The van der Waals surface area contributed by atoms with Gasteiger partial charge in [0.1, 0.15) is 7.11 Å². The maximum absolute atomic E-state index is 11.5. The topological polar surface area (TPSA) is 47.9 Å². The number of carbonyl (C=O) groups excluding carboxylic acids is 1. The number of hydrogen-bond donors (Lipinski definition) is 0. The number of ether oxygens (including phenoxy) is 1. The number of hydrogen-bond acceptors (Lipinski definition) is 5. The van der Waals surface area contributed by atoms with Gasteiger partial charge in [0.25, 0.3) is 0 Å². The maximum atomic E-state index is 11.5. The van der Waals surface area contributed by atoms with E-state index in [1.807, 2.05) is 26.0 Å². The summed E-state index contributed by atoms with van der Waals surface area (Å²) in [5, 5.41) is 3.67. The monoisotopic (exact) mass is 245 g/mol. The van der Waals surface area contributed by atoms with E-state index in [2.05, 4.69) is 9.99 Å². The van der Waals surface area contributed by atoms with E-state index in [0.717, 1.165) is 5.75 Å². The third kappa shape index (κ3) is 5.80. The fourth-order valence-corrected chi connectivity index (χ4v) is 1.85. The molecule has 0 radical (unpaired) electrons. The van der Waals surface area contributed by atoms with E-state index in [4.69, 9.17) is 4.74 Å². The number of oxime groups is 1. The molecule has 1 atom stereocenters. The molecule has 0 heterocycles. The van der Waals surface area contributed by atoms with Gasteiger partial charge < -0.3 is 9.57 Å². The van der Waals surface area contributed by atoms with Gasteiger partial charge in [0.15, 0.2) is 5.71 Å². The summed E-state index contributed by atoms with van der Waals surface area (Å²) in [5.74, 6) is 0.421. The second kappa shape index (κ2) is 9.27. The third-order valence-electron chi connectivity index (χ3n) is 1.74. The summed E-state index contributed by atoms with van der Waals surface area (Å²) in [6.45, 7) is 5.97. The van der Waals surface area contributed by atoms with Crippen molar-refractivity contribution in [1.29, 1.82) is 0 Å². The van der Waals surface area contributed by atoms with E-state index >= 15 is 0 Å². The van der Waals surface area contributed by atoms with Crippen molar-refractivity contribution in [3.05, 3.63) is 12.2 Å². The Bertz CT molecular complexity index is 264. The van der Waals surface area contributed by atoms with Crippen LogP contribution < -0.4 is 0 Å². The molecule has 0 saturated heterocycles. The molecule has 0 N–H and O–H groups in total. The number of allylic oxidation sites excluding steroid dienone is 1. The Hall–Kier alpha value is -0.970. The lowest BCUT2D eigenvalue weighted by Gasteiger charge is -2.11. The standard InChI is InChI=1S/C11H19NO3S/c1-5-7-8-16-9(3)10(12-14-4)11(13)15-6-2/h5,7,9H,6,8H2,1-4H3. The van der Waals surface area contributed by atoms with Crippen molar-refractivity contribution >= 4 is 23.4 Å². The zero-order valence-electron chi connectivity index (χ0n) is 10.2. The first kappa shape index (κ1) is 15.0. The molecule has 0 bridgehead atoms. The summed E-state index contributed by atoms with van der Waals surface area (Å²) in [4.78, 5) is 16.2. The van der Waals surface area contributed by atoms with E-state index < -0.39 is 5.97 Å². The van der Waals surface area contributed by atoms with Crippen molar-refractivity contribution in [2.24, 2.45) is 5.16 Å². The van der Waals surface area contributed by atoms with Crippen LogP contribution in [0.5, 0.6) is 0 Å². The van der Waals surface area contributed by atoms with Gasteiger partial charge in [-0.15, -0.1) is 11.8 Å². The maximum Gasteiger partial charge on any atom is 0.357 e. The van der Waals surface area contributed by atoms with Crippen LogP contribution in [-0.4, -0.2) is 36.4 Å². The number of thioether (sulfide) groups is 1. The van der Waals surface area contributed by atoms with E-state index in [9.17, 15) is 4.79 Å². The van der Waals surface area contributed by atoms with Crippen molar-refractivity contribution in [3.8, 4) is 0 Å². The lowest BCUT2D eigenvalue weighted by molar-refractivity contribution is -0.135. The Morgan fingerprint density at radius 1 is 1.56 bits per heavy atom. The molecule has 0 fully saturated rings. The van der Waals surface area contributed by atoms with Crippen molar-refractivity contribution < 1.29 is 14.4 Å². The molecule has 5 heteroatoms. The molecule has 0 saturated carbocycles.